The maximum absolute atomic E-state index is 12.8. The third-order valence-corrected chi connectivity index (χ3v) is 3.86. The van der Waals surface area contributed by atoms with Gasteiger partial charge < -0.3 is 9.63 Å². The third kappa shape index (κ3) is 2.86. The number of rotatable bonds is 3. The van der Waals surface area contributed by atoms with Crippen LogP contribution in [0.25, 0.3) is 11.3 Å². The van der Waals surface area contributed by atoms with E-state index in [9.17, 15) is 18.3 Å². The van der Waals surface area contributed by atoms with Crippen molar-refractivity contribution in [3.8, 4) is 11.3 Å². The van der Waals surface area contributed by atoms with Gasteiger partial charge in [-0.15, -0.1) is 0 Å². The van der Waals surface area contributed by atoms with Gasteiger partial charge in [0.05, 0.1) is 5.69 Å². The molecular formula is C15H15F3N2O2. The lowest BCUT2D eigenvalue weighted by Crippen LogP contribution is -2.47. The topological polar surface area (TPSA) is 49.5 Å². The van der Waals surface area contributed by atoms with Crippen LogP contribution in [0.4, 0.5) is 13.2 Å². The molecule has 0 unspecified atom stereocenters. The van der Waals surface area contributed by atoms with E-state index in [2.05, 4.69) is 5.16 Å². The molecule has 7 heteroatoms. The maximum Gasteiger partial charge on any atom is 0.418 e. The van der Waals surface area contributed by atoms with Gasteiger partial charge in [-0.3, -0.25) is 4.90 Å². The maximum atomic E-state index is 12.8. The van der Waals surface area contributed by atoms with Crippen LogP contribution in [0.1, 0.15) is 12.1 Å². The second kappa shape index (κ2) is 5.40. The van der Waals surface area contributed by atoms with Gasteiger partial charge in [0.1, 0.15) is 0 Å². The third-order valence-electron chi connectivity index (χ3n) is 3.86. The highest BCUT2D eigenvalue weighted by atomic mass is 19.4. The first kappa shape index (κ1) is 15.1. The first-order chi connectivity index (χ1) is 10.4. The molecule has 0 bridgehead atoms. The summed E-state index contributed by atoms with van der Waals surface area (Å²) in [6.45, 7) is -0.0533. The molecule has 1 fully saturated rings. The molecule has 1 aliphatic heterocycles. The Labute approximate surface area is 125 Å². The van der Waals surface area contributed by atoms with E-state index in [4.69, 9.17) is 4.52 Å². The Morgan fingerprint density at radius 1 is 1.27 bits per heavy atom. The summed E-state index contributed by atoms with van der Waals surface area (Å²) in [7, 11) is 0. The van der Waals surface area contributed by atoms with Gasteiger partial charge in [-0.25, -0.2) is 0 Å². The summed E-state index contributed by atoms with van der Waals surface area (Å²) < 4.78 is 43.5. The second-order valence-corrected chi connectivity index (χ2v) is 5.54. The van der Waals surface area contributed by atoms with Crippen molar-refractivity contribution < 1.29 is 22.8 Å². The summed E-state index contributed by atoms with van der Waals surface area (Å²) in [6.07, 6.45) is -4.93. The van der Waals surface area contributed by atoms with E-state index in [0.29, 0.717) is 11.5 Å². The zero-order valence-electron chi connectivity index (χ0n) is 11.7. The number of likely N-dealkylation sites (tertiary alicyclic amines) is 1. The Hall–Kier alpha value is -1.86. The lowest BCUT2D eigenvalue weighted by molar-refractivity contribution is -0.254. The highest BCUT2D eigenvalue weighted by Gasteiger charge is 2.56. The van der Waals surface area contributed by atoms with E-state index in [0.717, 1.165) is 5.56 Å². The largest absolute Gasteiger partial charge is 0.418 e. The highest BCUT2D eigenvalue weighted by Crippen LogP contribution is 2.38. The van der Waals surface area contributed by atoms with Gasteiger partial charge in [0.2, 0.25) is 0 Å². The molecule has 0 saturated carbocycles. The van der Waals surface area contributed by atoms with Crippen LogP contribution < -0.4 is 0 Å². The van der Waals surface area contributed by atoms with E-state index in [1.165, 1.54) is 4.90 Å². The molecule has 3 rings (SSSR count). The van der Waals surface area contributed by atoms with Gasteiger partial charge in [-0.05, 0) is 6.42 Å². The summed E-state index contributed by atoms with van der Waals surface area (Å²) in [5, 5.41) is 13.5. The molecule has 0 amide bonds. The van der Waals surface area contributed by atoms with E-state index in [-0.39, 0.29) is 19.5 Å². The van der Waals surface area contributed by atoms with Crippen LogP contribution in [0.15, 0.2) is 40.9 Å². The zero-order valence-corrected chi connectivity index (χ0v) is 11.7. The predicted molar refractivity (Wildman–Crippen MR) is 72.8 cm³/mol. The molecular weight excluding hydrogens is 297 g/mol. The van der Waals surface area contributed by atoms with Gasteiger partial charge in [0.15, 0.2) is 11.4 Å². The fraction of sp³-hybridized carbons (Fsp3) is 0.400. The summed E-state index contributed by atoms with van der Waals surface area (Å²) in [5.74, 6) is 0.570. The van der Waals surface area contributed by atoms with Crippen LogP contribution in [0.3, 0.4) is 0 Å². The molecule has 1 N–H and O–H groups in total. The SMILES string of the molecule is O[C@@]1(C(F)(F)F)CCN(Cc2cc(-c3ccccc3)on2)C1. The van der Waals surface area contributed by atoms with Crippen molar-refractivity contribution in [1.29, 1.82) is 0 Å². The second-order valence-electron chi connectivity index (χ2n) is 5.54. The van der Waals surface area contributed by atoms with Crippen molar-refractivity contribution in [2.45, 2.75) is 24.7 Å². The molecule has 0 aliphatic carbocycles. The number of β-amino-alcohol motifs (C(OH)–C–C–N with tert-alkyl or cyclic N) is 1. The van der Waals surface area contributed by atoms with Crippen molar-refractivity contribution in [3.05, 3.63) is 42.1 Å². The first-order valence-corrected chi connectivity index (χ1v) is 6.90. The Morgan fingerprint density at radius 2 is 2.00 bits per heavy atom. The Balaban J connectivity index is 1.67. The van der Waals surface area contributed by atoms with Gasteiger partial charge in [0.25, 0.3) is 0 Å². The number of aliphatic hydroxyl groups is 1. The number of nitrogens with zero attached hydrogens (tertiary/aromatic N) is 2. The van der Waals surface area contributed by atoms with Crippen LogP contribution in [-0.2, 0) is 6.54 Å². The van der Waals surface area contributed by atoms with Crippen LogP contribution in [0.5, 0.6) is 0 Å². The van der Waals surface area contributed by atoms with Crippen molar-refractivity contribution >= 4 is 0 Å². The molecule has 1 aromatic carbocycles. The molecule has 2 heterocycles. The van der Waals surface area contributed by atoms with Crippen molar-refractivity contribution in [3.63, 3.8) is 0 Å². The average Bonchev–Trinajstić information content (AvgIpc) is 3.08. The van der Waals surface area contributed by atoms with E-state index < -0.39 is 18.3 Å². The van der Waals surface area contributed by atoms with Crippen LogP contribution >= 0.6 is 0 Å². The molecule has 1 atom stereocenters. The first-order valence-electron chi connectivity index (χ1n) is 6.90. The van der Waals surface area contributed by atoms with Crippen molar-refractivity contribution in [1.82, 2.24) is 10.1 Å². The van der Waals surface area contributed by atoms with Crippen LogP contribution in [-0.4, -0.2) is 40.0 Å². The van der Waals surface area contributed by atoms with E-state index >= 15 is 0 Å². The van der Waals surface area contributed by atoms with Gasteiger partial charge in [0, 0.05) is 31.3 Å². The number of aromatic nitrogens is 1. The summed E-state index contributed by atoms with van der Waals surface area (Å²) in [6, 6.07) is 11.0. The minimum Gasteiger partial charge on any atom is -0.379 e. The lowest BCUT2D eigenvalue weighted by atomic mass is 10.0. The fourth-order valence-corrected chi connectivity index (χ4v) is 2.59. The minimum absolute atomic E-state index is 0.170. The fourth-order valence-electron chi connectivity index (χ4n) is 2.59. The molecule has 1 saturated heterocycles. The predicted octanol–water partition coefficient (Wildman–Crippen LogP) is 2.84. The van der Waals surface area contributed by atoms with Gasteiger partial charge >= 0.3 is 6.18 Å². The number of halogens is 3. The summed E-state index contributed by atoms with van der Waals surface area (Å²) >= 11 is 0. The number of alkyl halides is 3. The van der Waals surface area contributed by atoms with Gasteiger partial charge in [-0.1, -0.05) is 35.5 Å². The summed E-state index contributed by atoms with van der Waals surface area (Å²) in [4.78, 5) is 1.53. The molecule has 4 nitrogen and oxygen atoms in total. The van der Waals surface area contributed by atoms with E-state index in [1.807, 2.05) is 30.3 Å². The monoisotopic (exact) mass is 312 g/mol. The van der Waals surface area contributed by atoms with Gasteiger partial charge in [-0.2, -0.15) is 13.2 Å². The summed E-state index contributed by atoms with van der Waals surface area (Å²) in [5.41, 5.74) is -1.22. The zero-order chi connectivity index (χ0) is 15.8. The number of benzene rings is 1. The Kier molecular flexibility index (Phi) is 3.70. The van der Waals surface area contributed by atoms with E-state index in [1.54, 1.807) is 6.07 Å². The molecule has 2 aromatic rings. The standard InChI is InChI=1S/C15H15F3N2O2/c16-15(17,18)14(21)6-7-20(10-14)9-12-8-13(22-19-12)11-4-2-1-3-5-11/h1-5,8,21H,6-7,9-10H2/t14-/m0/s1. The molecule has 1 aliphatic rings. The molecule has 0 spiro atoms. The van der Waals surface area contributed by atoms with Crippen LogP contribution in [0.2, 0.25) is 0 Å². The quantitative estimate of drug-likeness (QED) is 0.947. The van der Waals surface area contributed by atoms with Crippen molar-refractivity contribution in [2.24, 2.45) is 0 Å². The lowest BCUT2D eigenvalue weighted by Gasteiger charge is -2.25. The minimum atomic E-state index is -4.61. The average molecular weight is 312 g/mol. The highest BCUT2D eigenvalue weighted by molar-refractivity contribution is 5.56. The molecule has 118 valence electrons. The number of hydrogen-bond acceptors (Lipinski definition) is 4. The normalized spacial score (nSPS) is 23.1. The van der Waals surface area contributed by atoms with Crippen molar-refractivity contribution in [2.75, 3.05) is 13.1 Å². The molecule has 1 aromatic heterocycles. The Bertz CT molecular complexity index is 642. The number of hydrogen-bond donors (Lipinski definition) is 1. The smallest absolute Gasteiger partial charge is 0.379 e. The Morgan fingerprint density at radius 3 is 2.64 bits per heavy atom. The molecule has 0 radical (unpaired) electrons. The van der Waals surface area contributed by atoms with Crippen LogP contribution in [0, 0.1) is 0 Å². The molecule has 22 heavy (non-hydrogen) atoms.